The van der Waals surface area contributed by atoms with Gasteiger partial charge >= 0.3 is 0 Å². The molecule has 1 unspecified atom stereocenters. The van der Waals surface area contributed by atoms with E-state index in [1.165, 1.54) is 44.1 Å². The Balaban J connectivity index is 1.47. The van der Waals surface area contributed by atoms with E-state index in [4.69, 9.17) is 5.11 Å². The van der Waals surface area contributed by atoms with Crippen LogP contribution in [0, 0.1) is 11.3 Å². The minimum atomic E-state index is -0.197. The summed E-state index contributed by atoms with van der Waals surface area (Å²) >= 11 is 1.49. The molecule has 1 spiro atoms. The third-order valence-electron chi connectivity index (χ3n) is 7.32. The molecule has 5 rings (SSSR count). The molecule has 7 nitrogen and oxygen atoms in total. The molecule has 1 atom stereocenters. The second-order valence-electron chi connectivity index (χ2n) is 9.45. The lowest BCUT2D eigenvalue weighted by atomic mass is 9.79. The third kappa shape index (κ3) is 5.06. The third-order valence-corrected chi connectivity index (χ3v) is 8.08. The Kier molecular flexibility index (Phi) is 6.64. The molecule has 1 amide bonds. The summed E-state index contributed by atoms with van der Waals surface area (Å²) in [4.78, 5) is 20.1. The van der Waals surface area contributed by atoms with Crippen LogP contribution in [0.2, 0.25) is 0 Å². The second kappa shape index (κ2) is 9.81. The summed E-state index contributed by atoms with van der Waals surface area (Å²) in [5.74, 6) is 1.87. The summed E-state index contributed by atoms with van der Waals surface area (Å²) in [7, 11) is 0. The number of nitrogens with zero attached hydrogens (tertiary/aromatic N) is 2. The van der Waals surface area contributed by atoms with Gasteiger partial charge in [0.1, 0.15) is 11.5 Å². The Morgan fingerprint density at radius 2 is 2.12 bits per heavy atom. The summed E-state index contributed by atoms with van der Waals surface area (Å²) in [5.41, 5.74) is 3.81. The number of amides is 1. The quantitative estimate of drug-likeness (QED) is 0.386. The minimum absolute atomic E-state index is 0.134. The molecule has 1 saturated heterocycles. The predicted octanol–water partition coefficient (Wildman–Crippen LogP) is 4.59. The summed E-state index contributed by atoms with van der Waals surface area (Å²) in [6.07, 6.45) is 7.51. The highest BCUT2D eigenvalue weighted by Gasteiger charge is 2.51. The van der Waals surface area contributed by atoms with Gasteiger partial charge in [0.05, 0.1) is 18.0 Å². The molecule has 4 bridgehead atoms. The molecule has 3 heterocycles. The largest absolute Gasteiger partial charge is 0.395 e. The highest BCUT2D eigenvalue weighted by atomic mass is 32.2. The summed E-state index contributed by atoms with van der Waals surface area (Å²) in [6.45, 7) is 3.06. The molecule has 4 N–H and O–H groups in total. The van der Waals surface area contributed by atoms with E-state index in [1.54, 1.807) is 6.07 Å². The molecule has 1 aliphatic carbocycles. The van der Waals surface area contributed by atoms with E-state index >= 15 is 0 Å². The fourth-order valence-corrected chi connectivity index (χ4v) is 5.76. The van der Waals surface area contributed by atoms with Crippen molar-refractivity contribution in [1.29, 1.82) is 0 Å². The molecule has 0 radical (unpaired) electrons. The normalized spacial score (nSPS) is 21.8. The van der Waals surface area contributed by atoms with E-state index < -0.39 is 0 Å². The predicted molar refractivity (Wildman–Crippen MR) is 136 cm³/mol. The smallest absolute Gasteiger partial charge is 0.274 e. The Bertz CT molecular complexity index is 997. The van der Waals surface area contributed by atoms with Gasteiger partial charge in [-0.25, -0.2) is 4.98 Å². The van der Waals surface area contributed by atoms with Crippen LogP contribution in [0.15, 0.2) is 36.4 Å². The molecule has 2 aromatic rings. The van der Waals surface area contributed by atoms with Crippen LogP contribution in [0.3, 0.4) is 0 Å². The lowest BCUT2D eigenvalue weighted by molar-refractivity contribution is 0.102. The van der Waals surface area contributed by atoms with Crippen molar-refractivity contribution in [3.8, 4) is 0 Å². The van der Waals surface area contributed by atoms with E-state index in [-0.39, 0.29) is 12.5 Å². The van der Waals surface area contributed by atoms with E-state index in [1.807, 2.05) is 24.3 Å². The number of fused-ring (bicyclic) bond motifs is 7. The van der Waals surface area contributed by atoms with Crippen molar-refractivity contribution in [2.45, 2.75) is 38.5 Å². The van der Waals surface area contributed by atoms with Crippen LogP contribution in [0.1, 0.15) is 49.0 Å². The maximum Gasteiger partial charge on any atom is 0.274 e. The number of benzene rings is 1. The molecule has 1 saturated carbocycles. The van der Waals surface area contributed by atoms with Gasteiger partial charge in [-0.15, -0.1) is 0 Å². The van der Waals surface area contributed by atoms with Crippen molar-refractivity contribution in [3.63, 3.8) is 0 Å². The number of pyridine rings is 1. The molecular weight excluding hydrogens is 434 g/mol. The average molecular weight is 468 g/mol. The van der Waals surface area contributed by atoms with Crippen LogP contribution in [-0.2, 0) is 0 Å². The number of hydrogen-bond acceptors (Lipinski definition) is 7. The topological polar surface area (TPSA) is 89.5 Å². The summed E-state index contributed by atoms with van der Waals surface area (Å²) in [5, 5.41) is 15.6. The highest BCUT2D eigenvalue weighted by Crippen LogP contribution is 2.58. The van der Waals surface area contributed by atoms with E-state index in [2.05, 4.69) is 31.3 Å². The molecule has 1 aromatic carbocycles. The molecule has 2 fully saturated rings. The standard InChI is InChI=1S/C25H33N5O2S/c31-14-15-33-29-19-7-8-20-22(16-19)30-13-11-25(9-10-25)18(17-30)4-1-2-12-26-23-6-3-5-21(27-23)24(32)28-20/h3,5-8,16,18,29,31H,1-2,4,9-15,17H2,(H,26,27)(H,28,32). The first-order chi connectivity index (χ1) is 16.2. The summed E-state index contributed by atoms with van der Waals surface area (Å²) in [6, 6.07) is 11.6. The van der Waals surface area contributed by atoms with E-state index in [9.17, 15) is 4.79 Å². The van der Waals surface area contributed by atoms with Gasteiger partial charge in [0.2, 0.25) is 0 Å². The summed E-state index contributed by atoms with van der Waals surface area (Å²) < 4.78 is 3.32. The van der Waals surface area contributed by atoms with Crippen molar-refractivity contribution in [1.82, 2.24) is 4.98 Å². The van der Waals surface area contributed by atoms with Gasteiger partial charge in [-0.2, -0.15) is 0 Å². The average Bonchev–Trinajstić information content (AvgIpc) is 3.61. The van der Waals surface area contributed by atoms with E-state index in [0.717, 1.165) is 48.9 Å². The lowest BCUT2D eigenvalue weighted by Crippen LogP contribution is -2.42. The maximum atomic E-state index is 13.1. The Morgan fingerprint density at radius 3 is 2.97 bits per heavy atom. The highest BCUT2D eigenvalue weighted by molar-refractivity contribution is 8.00. The molecule has 3 aliphatic rings. The zero-order valence-corrected chi connectivity index (χ0v) is 19.8. The second-order valence-corrected chi connectivity index (χ2v) is 10.3. The van der Waals surface area contributed by atoms with Gasteiger partial charge in [0.15, 0.2) is 0 Å². The number of carbonyl (C=O) groups excluding carboxylic acids is 1. The number of rotatable bonds is 4. The fourth-order valence-electron chi connectivity index (χ4n) is 5.27. The van der Waals surface area contributed by atoms with Crippen LogP contribution < -0.4 is 20.3 Å². The molecule has 8 heteroatoms. The first kappa shape index (κ1) is 22.3. The van der Waals surface area contributed by atoms with Gasteiger partial charge in [-0.1, -0.05) is 24.4 Å². The Hall–Kier alpha value is -2.45. The number of carbonyl (C=O) groups is 1. The monoisotopic (exact) mass is 467 g/mol. The van der Waals surface area contributed by atoms with Gasteiger partial charge in [-0.3, -0.25) is 4.79 Å². The number of aliphatic hydroxyl groups excluding tert-OH is 1. The van der Waals surface area contributed by atoms with Crippen LogP contribution in [0.4, 0.5) is 22.9 Å². The van der Waals surface area contributed by atoms with Gasteiger partial charge in [0.25, 0.3) is 5.91 Å². The van der Waals surface area contributed by atoms with Crippen LogP contribution in [0.25, 0.3) is 0 Å². The van der Waals surface area contributed by atoms with Crippen LogP contribution in [-0.4, -0.2) is 48.0 Å². The first-order valence-corrected chi connectivity index (χ1v) is 13.1. The number of aromatic nitrogens is 1. The number of hydrogen-bond donors (Lipinski definition) is 4. The minimum Gasteiger partial charge on any atom is -0.395 e. The molecule has 2 aliphatic heterocycles. The van der Waals surface area contributed by atoms with Gasteiger partial charge in [-0.05, 0) is 73.8 Å². The van der Waals surface area contributed by atoms with Crippen molar-refractivity contribution in [3.05, 3.63) is 42.1 Å². The Morgan fingerprint density at radius 1 is 1.21 bits per heavy atom. The number of anilines is 4. The first-order valence-electron chi connectivity index (χ1n) is 12.1. The molecule has 176 valence electrons. The van der Waals surface area contributed by atoms with E-state index in [0.29, 0.717) is 22.8 Å². The van der Waals surface area contributed by atoms with Crippen molar-refractivity contribution in [2.24, 2.45) is 11.3 Å². The molecular formula is C25H33N5O2S. The van der Waals surface area contributed by atoms with Crippen molar-refractivity contribution >= 4 is 40.7 Å². The fraction of sp³-hybridized carbons (Fsp3) is 0.520. The Labute approximate surface area is 199 Å². The maximum absolute atomic E-state index is 13.1. The number of nitrogens with one attached hydrogen (secondary N) is 3. The SMILES string of the molecule is O=C1Nc2ccc(NSCCO)cc2N2CCC3(CC3)C(CCCCNc3cccc1n3)C2. The van der Waals surface area contributed by atoms with Crippen molar-refractivity contribution < 1.29 is 9.90 Å². The number of piperidine rings is 1. The van der Waals surface area contributed by atoms with Gasteiger partial charge in [0, 0.05) is 31.1 Å². The van der Waals surface area contributed by atoms with Crippen molar-refractivity contribution in [2.75, 3.05) is 52.2 Å². The zero-order valence-electron chi connectivity index (χ0n) is 19.0. The van der Waals surface area contributed by atoms with Crippen LogP contribution in [0.5, 0.6) is 0 Å². The van der Waals surface area contributed by atoms with Crippen LogP contribution >= 0.6 is 11.9 Å². The van der Waals surface area contributed by atoms with Gasteiger partial charge < -0.3 is 25.4 Å². The zero-order chi connectivity index (χ0) is 22.7. The lowest BCUT2D eigenvalue weighted by Gasteiger charge is -2.41. The molecule has 33 heavy (non-hydrogen) atoms. The number of aliphatic hydroxyl groups is 1. The molecule has 1 aromatic heterocycles.